The fourth-order valence-electron chi connectivity index (χ4n) is 2.96. The second-order valence-corrected chi connectivity index (χ2v) is 6.88. The van der Waals surface area contributed by atoms with Crippen molar-refractivity contribution >= 4 is 28.5 Å². The second kappa shape index (κ2) is 6.87. The van der Waals surface area contributed by atoms with E-state index in [1.54, 1.807) is 13.0 Å². The number of nitrogens with zero attached hydrogens (tertiary/aromatic N) is 1. The number of hydrogen-bond acceptors (Lipinski definition) is 4. The molecular formula is C18H18ClF2NO4. The van der Waals surface area contributed by atoms with Crippen molar-refractivity contribution in [1.82, 2.24) is 4.90 Å². The Morgan fingerprint density at radius 2 is 1.96 bits per heavy atom. The largest absolute Gasteiger partial charge is 0.479 e. The van der Waals surface area contributed by atoms with Gasteiger partial charge in [0, 0.05) is 43.5 Å². The molecule has 0 radical (unpaired) electrons. The third-order valence-corrected chi connectivity index (χ3v) is 4.76. The van der Waals surface area contributed by atoms with Crippen molar-refractivity contribution in [2.24, 2.45) is 0 Å². The summed E-state index contributed by atoms with van der Waals surface area (Å²) >= 11 is 6.22. The first kappa shape index (κ1) is 18.6. The Bertz CT molecular complexity index is 902. The molecule has 1 aliphatic rings. The van der Waals surface area contributed by atoms with Gasteiger partial charge in [0.1, 0.15) is 11.3 Å². The monoisotopic (exact) mass is 385 g/mol. The topological polar surface area (TPSA) is 59.8 Å². The number of amides is 1. The van der Waals surface area contributed by atoms with Gasteiger partial charge in [-0.2, -0.15) is 0 Å². The third kappa shape index (κ3) is 3.82. The molecule has 0 saturated carbocycles. The van der Waals surface area contributed by atoms with Gasteiger partial charge in [0.25, 0.3) is 11.8 Å². The lowest BCUT2D eigenvalue weighted by Gasteiger charge is -2.33. The summed E-state index contributed by atoms with van der Waals surface area (Å²) in [6, 6.07) is 4.42. The van der Waals surface area contributed by atoms with Crippen LogP contribution in [0, 0.1) is 6.92 Å². The van der Waals surface area contributed by atoms with E-state index in [-0.39, 0.29) is 42.6 Å². The first-order chi connectivity index (χ1) is 12.2. The fourth-order valence-corrected chi connectivity index (χ4v) is 3.17. The maximum absolute atomic E-state index is 13.2. The zero-order valence-corrected chi connectivity index (χ0v) is 15.1. The van der Waals surface area contributed by atoms with Gasteiger partial charge in [-0.25, -0.2) is 13.6 Å². The van der Waals surface area contributed by atoms with Crippen molar-refractivity contribution in [1.29, 1.82) is 0 Å². The van der Waals surface area contributed by atoms with E-state index < -0.39 is 17.7 Å². The summed E-state index contributed by atoms with van der Waals surface area (Å²) in [5.74, 6) is -2.92. The highest BCUT2D eigenvalue weighted by atomic mass is 35.5. The number of carbonyl (C=O) groups excluding carboxylic acids is 1. The van der Waals surface area contributed by atoms with E-state index in [1.807, 2.05) is 0 Å². The minimum atomic E-state index is -2.72. The van der Waals surface area contributed by atoms with Crippen LogP contribution in [0.2, 0.25) is 5.02 Å². The van der Waals surface area contributed by atoms with Gasteiger partial charge in [-0.05, 0) is 25.5 Å². The number of fused-ring (bicyclic) bond motifs is 1. The van der Waals surface area contributed by atoms with Crippen LogP contribution in [0.4, 0.5) is 8.78 Å². The molecule has 5 nitrogen and oxygen atoms in total. The SMILES string of the molecule is Cc1cc(=O)oc2cc(OC(C)C(=O)N3CCC(F)(F)CC3)c(Cl)cc12. The highest BCUT2D eigenvalue weighted by molar-refractivity contribution is 6.32. The minimum absolute atomic E-state index is 0.0148. The summed E-state index contributed by atoms with van der Waals surface area (Å²) in [5.41, 5.74) is 0.511. The summed E-state index contributed by atoms with van der Waals surface area (Å²) in [7, 11) is 0. The molecule has 26 heavy (non-hydrogen) atoms. The predicted molar refractivity (Wildman–Crippen MR) is 93.1 cm³/mol. The molecule has 8 heteroatoms. The lowest BCUT2D eigenvalue weighted by molar-refractivity contribution is -0.143. The van der Waals surface area contributed by atoms with Gasteiger partial charge in [0.15, 0.2) is 6.10 Å². The number of alkyl halides is 2. The highest BCUT2D eigenvalue weighted by Crippen LogP contribution is 2.32. The van der Waals surface area contributed by atoms with Crippen LogP contribution in [0.5, 0.6) is 5.75 Å². The van der Waals surface area contributed by atoms with Crippen molar-refractivity contribution in [3.63, 3.8) is 0 Å². The molecule has 2 aromatic rings. The van der Waals surface area contributed by atoms with Crippen molar-refractivity contribution in [3.05, 3.63) is 39.2 Å². The Labute approximate surface area is 153 Å². The van der Waals surface area contributed by atoms with Crippen LogP contribution in [0.15, 0.2) is 27.4 Å². The van der Waals surface area contributed by atoms with Crippen molar-refractivity contribution in [3.8, 4) is 5.75 Å². The first-order valence-corrected chi connectivity index (χ1v) is 8.61. The Morgan fingerprint density at radius 3 is 2.62 bits per heavy atom. The molecule has 2 heterocycles. The number of benzene rings is 1. The van der Waals surface area contributed by atoms with Crippen LogP contribution in [0.25, 0.3) is 11.0 Å². The summed E-state index contributed by atoms with van der Waals surface area (Å²) < 4.78 is 37.2. The molecule has 1 aliphatic heterocycles. The number of rotatable bonds is 3. The van der Waals surface area contributed by atoms with Gasteiger partial charge in [0.2, 0.25) is 0 Å². The molecule has 1 aromatic heterocycles. The van der Waals surface area contributed by atoms with Crippen LogP contribution in [0.1, 0.15) is 25.3 Å². The number of aryl methyl sites for hydroxylation is 1. The van der Waals surface area contributed by atoms with E-state index in [2.05, 4.69) is 0 Å². The van der Waals surface area contributed by atoms with Crippen molar-refractivity contribution < 1.29 is 22.7 Å². The maximum atomic E-state index is 13.2. The van der Waals surface area contributed by atoms with Crippen molar-refractivity contribution in [2.75, 3.05) is 13.1 Å². The number of halogens is 3. The number of likely N-dealkylation sites (tertiary alicyclic amines) is 1. The molecule has 1 atom stereocenters. The first-order valence-electron chi connectivity index (χ1n) is 8.23. The van der Waals surface area contributed by atoms with Crippen LogP contribution in [-0.4, -0.2) is 35.9 Å². The Balaban J connectivity index is 1.78. The molecule has 0 aliphatic carbocycles. The standard InChI is InChI=1S/C18H18ClF2NO4/c1-10-7-16(23)26-14-9-15(13(19)8-12(10)14)25-11(2)17(24)22-5-3-18(20,21)4-6-22/h7-9,11H,3-6H2,1-2H3. The van der Waals surface area contributed by atoms with E-state index >= 15 is 0 Å². The van der Waals surface area contributed by atoms with E-state index in [4.69, 9.17) is 20.8 Å². The van der Waals surface area contributed by atoms with Gasteiger partial charge >= 0.3 is 5.63 Å². The summed E-state index contributed by atoms with van der Waals surface area (Å²) in [5, 5.41) is 0.929. The number of ether oxygens (including phenoxy) is 1. The van der Waals surface area contributed by atoms with Gasteiger partial charge in [-0.1, -0.05) is 11.6 Å². The van der Waals surface area contributed by atoms with Gasteiger partial charge in [-0.3, -0.25) is 4.79 Å². The van der Waals surface area contributed by atoms with E-state index in [0.717, 1.165) is 0 Å². The molecule has 0 spiro atoms. The van der Waals surface area contributed by atoms with Gasteiger partial charge in [-0.15, -0.1) is 0 Å². The summed E-state index contributed by atoms with van der Waals surface area (Å²) in [6.07, 6.45) is -1.62. The molecule has 0 bridgehead atoms. The van der Waals surface area contributed by atoms with Crippen LogP contribution in [-0.2, 0) is 4.79 Å². The Kier molecular flexibility index (Phi) is 4.92. The Morgan fingerprint density at radius 1 is 1.31 bits per heavy atom. The molecule has 1 amide bonds. The molecule has 1 saturated heterocycles. The zero-order valence-electron chi connectivity index (χ0n) is 14.4. The normalized spacial score (nSPS) is 18.0. The average molecular weight is 386 g/mol. The fraction of sp³-hybridized carbons (Fsp3) is 0.444. The molecule has 1 unspecified atom stereocenters. The van der Waals surface area contributed by atoms with Gasteiger partial charge < -0.3 is 14.1 Å². The zero-order chi connectivity index (χ0) is 19.1. The molecule has 140 valence electrons. The summed E-state index contributed by atoms with van der Waals surface area (Å²) in [4.78, 5) is 25.3. The molecule has 3 rings (SSSR count). The summed E-state index contributed by atoms with van der Waals surface area (Å²) in [6.45, 7) is 3.26. The second-order valence-electron chi connectivity index (χ2n) is 6.47. The molecule has 1 fully saturated rings. The lowest BCUT2D eigenvalue weighted by atomic mass is 10.1. The van der Waals surface area contributed by atoms with E-state index in [0.29, 0.717) is 16.5 Å². The predicted octanol–water partition coefficient (Wildman–Crippen LogP) is 3.78. The Hall–Kier alpha value is -2.15. The number of carbonyl (C=O) groups is 1. The highest BCUT2D eigenvalue weighted by Gasteiger charge is 2.37. The van der Waals surface area contributed by atoms with E-state index in [1.165, 1.54) is 24.0 Å². The number of hydrogen-bond donors (Lipinski definition) is 0. The third-order valence-electron chi connectivity index (χ3n) is 4.46. The molecular weight excluding hydrogens is 368 g/mol. The minimum Gasteiger partial charge on any atom is -0.479 e. The van der Waals surface area contributed by atoms with Gasteiger partial charge in [0.05, 0.1) is 5.02 Å². The maximum Gasteiger partial charge on any atom is 0.336 e. The quantitative estimate of drug-likeness (QED) is 0.754. The van der Waals surface area contributed by atoms with Crippen LogP contribution in [0.3, 0.4) is 0 Å². The molecule has 0 N–H and O–H groups in total. The smallest absolute Gasteiger partial charge is 0.336 e. The molecule has 1 aromatic carbocycles. The number of piperidine rings is 1. The average Bonchev–Trinajstić information content (AvgIpc) is 2.55. The van der Waals surface area contributed by atoms with Crippen LogP contribution >= 0.6 is 11.6 Å². The van der Waals surface area contributed by atoms with Crippen LogP contribution < -0.4 is 10.4 Å². The van der Waals surface area contributed by atoms with Crippen molar-refractivity contribution in [2.45, 2.75) is 38.7 Å². The van der Waals surface area contributed by atoms with E-state index in [9.17, 15) is 18.4 Å². The lowest BCUT2D eigenvalue weighted by Crippen LogP contribution is -2.47.